The molecule has 2 aliphatic heterocycles. The molecule has 1 aromatic heterocycles. The maximum Gasteiger partial charge on any atom is 0.530 e. The van der Waals surface area contributed by atoms with Crippen molar-refractivity contribution < 1.29 is 41.2 Å². The molecule has 11 nitrogen and oxygen atoms in total. The third-order valence-electron chi connectivity index (χ3n) is 8.79. The van der Waals surface area contributed by atoms with E-state index in [9.17, 15) is 14.2 Å². The lowest BCUT2D eigenvalue weighted by Crippen LogP contribution is -2.44. The number of nitrogens with two attached hydrogens (primary N) is 1. The summed E-state index contributed by atoms with van der Waals surface area (Å²) in [5, 5.41) is 0. The Morgan fingerprint density at radius 1 is 1.02 bits per heavy atom. The van der Waals surface area contributed by atoms with E-state index in [1.165, 1.54) is 63.9 Å². The molecule has 48 heavy (non-hydrogen) atoms. The predicted octanol–water partition coefficient (Wildman–Crippen LogP) is 8.18. The molecule has 0 amide bonds. The van der Waals surface area contributed by atoms with Crippen molar-refractivity contribution in [3.8, 4) is 5.75 Å². The quantitative estimate of drug-likeness (QED) is 0.0818. The Kier molecular flexibility index (Phi) is 14.4. The molecular formula is C34H50F2N3O8P. The number of phosphoric acid groups is 1. The number of aromatic nitrogens is 2. The highest BCUT2D eigenvalue weighted by Crippen LogP contribution is 2.56. The minimum atomic E-state index is -4.24. The van der Waals surface area contributed by atoms with Crippen LogP contribution >= 0.6 is 7.82 Å². The Balaban J connectivity index is 1.27. The molecule has 3 heterocycles. The molecular weight excluding hydrogens is 647 g/mol. The third kappa shape index (κ3) is 10.6. The average Bonchev–Trinajstić information content (AvgIpc) is 3.28. The van der Waals surface area contributed by atoms with Crippen LogP contribution in [-0.4, -0.2) is 40.3 Å². The number of ether oxygens (including phenoxy) is 2. The predicted molar refractivity (Wildman–Crippen MR) is 177 cm³/mol. The molecule has 4 rings (SSSR count). The summed E-state index contributed by atoms with van der Waals surface area (Å²) in [6.07, 6.45) is 11.0. The van der Waals surface area contributed by atoms with Crippen molar-refractivity contribution >= 4 is 19.6 Å². The van der Waals surface area contributed by atoms with E-state index in [1.54, 1.807) is 12.1 Å². The van der Waals surface area contributed by atoms with Gasteiger partial charge in [0.15, 0.2) is 6.10 Å². The molecule has 1 aromatic carbocycles. The first kappa shape index (κ1) is 38.0. The fraction of sp³-hybridized carbons (Fsp3) is 0.676. The molecule has 2 aliphatic rings. The molecule has 2 aromatic rings. The first-order valence-electron chi connectivity index (χ1n) is 17.3. The maximum absolute atomic E-state index is 15.9. The molecule has 1 unspecified atom stereocenters. The fourth-order valence-corrected chi connectivity index (χ4v) is 7.19. The monoisotopic (exact) mass is 697 g/mol. The number of phosphoric ester groups is 1. The highest BCUT2D eigenvalue weighted by Gasteiger charge is 2.63. The number of anilines is 1. The van der Waals surface area contributed by atoms with Gasteiger partial charge in [0, 0.05) is 18.2 Å². The third-order valence-corrected chi connectivity index (χ3v) is 10.1. The smallest absolute Gasteiger partial charge is 0.453 e. The van der Waals surface area contributed by atoms with Gasteiger partial charge in [-0.05, 0) is 31.0 Å². The highest BCUT2D eigenvalue weighted by atomic mass is 31.2. The molecule has 1 fully saturated rings. The average molecular weight is 698 g/mol. The number of unbranched alkanes of at least 4 members (excludes halogenated alkanes) is 13. The summed E-state index contributed by atoms with van der Waals surface area (Å²) in [6.45, 7) is 3.25. The van der Waals surface area contributed by atoms with Crippen molar-refractivity contribution in [1.82, 2.24) is 9.55 Å². The summed E-state index contributed by atoms with van der Waals surface area (Å²) >= 11 is 0. The van der Waals surface area contributed by atoms with E-state index in [2.05, 4.69) is 11.9 Å². The molecule has 0 saturated carbocycles. The number of hydrogen-bond donors (Lipinski definition) is 1. The van der Waals surface area contributed by atoms with E-state index in [4.69, 9.17) is 28.8 Å². The van der Waals surface area contributed by atoms with E-state index in [0.717, 1.165) is 37.4 Å². The molecule has 4 atom stereocenters. The van der Waals surface area contributed by atoms with Crippen molar-refractivity contribution in [2.24, 2.45) is 0 Å². The van der Waals surface area contributed by atoms with Crippen LogP contribution in [0.3, 0.4) is 0 Å². The number of carbonyl (C=O) groups is 1. The number of hydrogen-bond acceptors (Lipinski definition) is 10. The van der Waals surface area contributed by atoms with Crippen LogP contribution in [0.15, 0.2) is 35.3 Å². The van der Waals surface area contributed by atoms with Gasteiger partial charge in [0.2, 0.25) is 6.23 Å². The van der Waals surface area contributed by atoms with E-state index < -0.39 is 50.4 Å². The second-order valence-electron chi connectivity index (χ2n) is 12.7. The second kappa shape index (κ2) is 18.2. The van der Waals surface area contributed by atoms with Gasteiger partial charge < -0.3 is 19.7 Å². The van der Waals surface area contributed by atoms with Crippen molar-refractivity contribution in [2.45, 2.75) is 141 Å². The van der Waals surface area contributed by atoms with Gasteiger partial charge in [-0.3, -0.25) is 18.4 Å². The number of nitrogen functional groups attached to an aromatic ring is 1. The molecule has 14 heteroatoms. The zero-order valence-corrected chi connectivity index (χ0v) is 29.0. The van der Waals surface area contributed by atoms with Crippen LogP contribution in [0.5, 0.6) is 5.75 Å². The number of nitrogens with zero attached hydrogens (tertiary/aromatic N) is 2. The Morgan fingerprint density at radius 3 is 2.27 bits per heavy atom. The Bertz CT molecular complexity index is 1440. The topological polar surface area (TPSA) is 141 Å². The maximum atomic E-state index is 15.9. The number of carbonyl (C=O) groups excluding carboxylic acids is 1. The molecule has 0 radical (unpaired) electrons. The fourth-order valence-electron chi connectivity index (χ4n) is 5.98. The Hall–Kier alpha value is -2.86. The molecule has 0 aliphatic carbocycles. The van der Waals surface area contributed by atoms with Gasteiger partial charge in [0.1, 0.15) is 17.7 Å². The van der Waals surface area contributed by atoms with Crippen molar-refractivity contribution in [2.75, 3.05) is 12.3 Å². The molecule has 1 saturated heterocycles. The van der Waals surface area contributed by atoms with E-state index >= 15 is 8.78 Å². The number of rotatable bonds is 20. The van der Waals surface area contributed by atoms with Gasteiger partial charge in [-0.15, -0.1) is 0 Å². The van der Waals surface area contributed by atoms with Gasteiger partial charge in [0.05, 0.1) is 13.2 Å². The number of alkyl halides is 2. The molecule has 0 bridgehead atoms. The normalized spacial score (nSPS) is 23.0. The number of esters is 1. The summed E-state index contributed by atoms with van der Waals surface area (Å²) in [6, 6.07) is 6.31. The van der Waals surface area contributed by atoms with E-state index in [1.807, 2.05) is 13.0 Å². The largest absolute Gasteiger partial charge is 0.530 e. The van der Waals surface area contributed by atoms with Crippen molar-refractivity contribution in [3.63, 3.8) is 0 Å². The van der Waals surface area contributed by atoms with Gasteiger partial charge in [0.25, 0.3) is 0 Å². The summed E-state index contributed by atoms with van der Waals surface area (Å²) in [5.74, 6) is -4.59. The lowest BCUT2D eigenvalue weighted by atomic mass is 10.0. The number of benzene rings is 1. The first-order valence-corrected chi connectivity index (χ1v) is 18.7. The lowest BCUT2D eigenvalue weighted by Gasteiger charge is -2.27. The minimum Gasteiger partial charge on any atom is -0.453 e. The van der Waals surface area contributed by atoms with Crippen LogP contribution < -0.4 is 15.9 Å². The minimum absolute atomic E-state index is 0.0624. The van der Waals surface area contributed by atoms with Crippen LogP contribution in [0.2, 0.25) is 0 Å². The number of fused-ring (bicyclic) bond motifs is 1. The zero-order chi connectivity index (χ0) is 34.6. The molecule has 2 N–H and O–H groups in total. The Morgan fingerprint density at radius 2 is 1.65 bits per heavy atom. The highest BCUT2D eigenvalue weighted by molar-refractivity contribution is 7.49. The summed E-state index contributed by atoms with van der Waals surface area (Å²) < 4.78 is 72.6. The molecule has 268 valence electrons. The van der Waals surface area contributed by atoms with Crippen molar-refractivity contribution in [1.29, 1.82) is 0 Å². The SMILES string of the molecule is CCCCCCCCCCCCCCCCC(=O)O[C@@H]1[C@@H](COP2(=O)OCc3c(C)cccc3O2)O[C@@H](n2ccc(N)nc2=O)C1(F)F. The van der Waals surface area contributed by atoms with Gasteiger partial charge in [-0.25, -0.2) is 9.36 Å². The van der Waals surface area contributed by atoms with Crippen LogP contribution in [-0.2, 0) is 34.5 Å². The van der Waals surface area contributed by atoms with Crippen LogP contribution in [0, 0.1) is 6.92 Å². The van der Waals surface area contributed by atoms with Gasteiger partial charge in [-0.2, -0.15) is 13.8 Å². The van der Waals surface area contributed by atoms with Gasteiger partial charge >= 0.3 is 25.4 Å². The zero-order valence-electron chi connectivity index (χ0n) is 28.1. The number of halogens is 2. The Labute approximate surface area is 281 Å². The first-order chi connectivity index (χ1) is 23.0. The number of aryl methyl sites for hydroxylation is 1. The van der Waals surface area contributed by atoms with E-state index in [0.29, 0.717) is 16.6 Å². The summed E-state index contributed by atoms with van der Waals surface area (Å²) in [4.78, 5) is 28.7. The second-order valence-corrected chi connectivity index (χ2v) is 14.3. The van der Waals surface area contributed by atoms with Crippen LogP contribution in [0.25, 0.3) is 0 Å². The molecule has 0 spiro atoms. The van der Waals surface area contributed by atoms with E-state index in [-0.39, 0.29) is 24.6 Å². The van der Waals surface area contributed by atoms with Gasteiger partial charge in [-0.1, -0.05) is 103 Å². The lowest BCUT2D eigenvalue weighted by molar-refractivity contribution is -0.176. The van der Waals surface area contributed by atoms with Crippen LogP contribution in [0.1, 0.15) is 121 Å². The summed E-state index contributed by atoms with van der Waals surface area (Å²) in [7, 11) is -4.24. The van der Waals surface area contributed by atoms with Crippen molar-refractivity contribution in [3.05, 3.63) is 52.1 Å². The summed E-state index contributed by atoms with van der Waals surface area (Å²) in [5.41, 5.74) is 5.99. The van der Waals surface area contributed by atoms with Crippen LogP contribution in [0.4, 0.5) is 14.6 Å². The standard InChI is InChI=1S/C34H50F2N3O8P/c1-3-4-5-6-7-8-9-10-11-12-13-14-15-16-20-30(40)46-31-28(45-32(34(31,35)36)39-22-21-29(37)38-33(39)41)24-44-48(42)43-23-26-25(2)18-17-19-27(26)47-48/h17-19,21-22,28,31-32H,3-16,20,23-24H2,1-2H3,(H2,37,38,41)/t28-,31-,32-,48?/m1/s1.